The van der Waals surface area contributed by atoms with Crippen LogP contribution in [0.1, 0.15) is 181 Å². The van der Waals surface area contributed by atoms with Gasteiger partial charge in [-0.25, -0.2) is 0 Å². The number of carbonyl (C=O) groups excluding carboxylic acids is 1. The number of hydrogen-bond donors (Lipinski definition) is 0. The van der Waals surface area contributed by atoms with Gasteiger partial charge in [0.25, 0.3) is 0 Å². The molecule has 0 amide bonds. The summed E-state index contributed by atoms with van der Waals surface area (Å²) in [7, 11) is 4.14. The molecule has 0 aromatic carbocycles. The van der Waals surface area contributed by atoms with Gasteiger partial charge in [-0.15, -0.1) is 0 Å². The Labute approximate surface area is 293 Å². The van der Waals surface area contributed by atoms with E-state index < -0.39 is 0 Å². The molecule has 266 valence electrons. The Morgan fingerprint density at radius 3 is 1.26 bits per heavy atom. The minimum atomic E-state index is 0.258. The fourth-order valence-electron chi connectivity index (χ4n) is 5.49. The van der Waals surface area contributed by atoms with Gasteiger partial charge in [-0.05, 0) is 110 Å². The molecule has 0 aromatic rings. The van der Waals surface area contributed by atoms with Crippen molar-refractivity contribution in [3.05, 3.63) is 60.3 Å². The van der Waals surface area contributed by atoms with E-state index in [1.54, 1.807) is 0 Å². The zero-order chi connectivity index (χ0) is 33.6. The second kappa shape index (κ2) is 38.1. The third kappa shape index (κ3) is 37.1. The van der Waals surface area contributed by atoms with Crippen molar-refractivity contribution < 1.29 is 4.79 Å². The van der Waals surface area contributed by atoms with Crippen molar-refractivity contribution in [3.63, 3.8) is 0 Å². The molecule has 0 saturated carbocycles. The van der Waals surface area contributed by atoms with Crippen LogP contribution >= 0.6 is 11.8 Å². The van der Waals surface area contributed by atoms with Crippen LogP contribution < -0.4 is 0 Å². The second-order valence-corrected chi connectivity index (χ2v) is 14.5. The minimum absolute atomic E-state index is 0.258. The van der Waals surface area contributed by atoms with E-state index in [1.807, 2.05) is 6.08 Å². The molecule has 0 spiro atoms. The average Bonchev–Trinajstić information content (AvgIpc) is 3.04. The highest BCUT2D eigenvalue weighted by atomic mass is 32.2. The molecule has 2 nitrogen and oxygen atoms in total. The largest absolute Gasteiger partial charge is 0.309 e. The SMILES string of the molecule is CCCCCC/C=C\C/C=C\CCCCCCCC(=CC(=O)SCCN(C)C)CCCCCCC/C=C\C/C=C\CCCCCC. The number of unbranched alkanes of at least 4 members (excludes halogenated alkanes) is 18. The lowest BCUT2D eigenvalue weighted by molar-refractivity contribution is -0.107. The molecule has 46 heavy (non-hydrogen) atoms. The van der Waals surface area contributed by atoms with Gasteiger partial charge >= 0.3 is 0 Å². The lowest BCUT2D eigenvalue weighted by Crippen LogP contribution is -2.15. The maximum Gasteiger partial charge on any atom is 0.212 e. The van der Waals surface area contributed by atoms with Crippen LogP contribution in [0.2, 0.25) is 0 Å². The van der Waals surface area contributed by atoms with Crippen molar-refractivity contribution in [1.82, 2.24) is 4.90 Å². The van der Waals surface area contributed by atoms with Gasteiger partial charge in [0.1, 0.15) is 0 Å². The Hall–Kier alpha value is -1.32. The highest BCUT2D eigenvalue weighted by Crippen LogP contribution is 2.20. The van der Waals surface area contributed by atoms with Crippen LogP contribution in [0.4, 0.5) is 0 Å². The Bertz CT molecular complexity index is 741. The van der Waals surface area contributed by atoms with Crippen LogP contribution in [0.3, 0.4) is 0 Å². The molecule has 0 aliphatic carbocycles. The summed E-state index contributed by atoms with van der Waals surface area (Å²) in [6.07, 6.45) is 53.7. The number of rotatable bonds is 34. The van der Waals surface area contributed by atoms with Crippen LogP contribution in [0.15, 0.2) is 60.3 Å². The summed E-state index contributed by atoms with van der Waals surface area (Å²) >= 11 is 1.48. The van der Waals surface area contributed by atoms with Crippen LogP contribution in [0, 0.1) is 0 Å². The van der Waals surface area contributed by atoms with Gasteiger partial charge < -0.3 is 4.90 Å². The van der Waals surface area contributed by atoms with E-state index in [0.717, 1.165) is 38.0 Å². The van der Waals surface area contributed by atoms with Crippen molar-refractivity contribution >= 4 is 16.9 Å². The van der Waals surface area contributed by atoms with Gasteiger partial charge in [-0.3, -0.25) is 4.79 Å². The molecule has 0 rings (SSSR count). The quantitative estimate of drug-likeness (QED) is 0.0391. The average molecular weight is 656 g/mol. The van der Waals surface area contributed by atoms with Gasteiger partial charge in [0.15, 0.2) is 0 Å². The number of thioether (sulfide) groups is 1. The molecule has 0 bridgehead atoms. The van der Waals surface area contributed by atoms with Crippen molar-refractivity contribution in [2.75, 3.05) is 26.4 Å². The van der Waals surface area contributed by atoms with E-state index in [2.05, 4.69) is 81.5 Å². The molecular weight excluding hydrogens is 579 g/mol. The second-order valence-electron chi connectivity index (χ2n) is 13.4. The van der Waals surface area contributed by atoms with E-state index in [1.165, 1.54) is 159 Å². The monoisotopic (exact) mass is 656 g/mol. The van der Waals surface area contributed by atoms with Crippen molar-refractivity contribution in [1.29, 1.82) is 0 Å². The van der Waals surface area contributed by atoms with Crippen LogP contribution in [0.5, 0.6) is 0 Å². The highest BCUT2D eigenvalue weighted by Gasteiger charge is 2.05. The first-order chi connectivity index (χ1) is 22.6. The molecule has 0 aliphatic rings. The summed E-state index contributed by atoms with van der Waals surface area (Å²) in [5.41, 5.74) is 1.39. The van der Waals surface area contributed by atoms with Gasteiger partial charge in [-0.2, -0.15) is 0 Å². The molecule has 0 aliphatic heterocycles. The third-order valence-corrected chi connectivity index (χ3v) is 9.29. The molecule has 0 N–H and O–H groups in total. The van der Waals surface area contributed by atoms with E-state index in [-0.39, 0.29) is 5.12 Å². The molecule has 0 fully saturated rings. The van der Waals surface area contributed by atoms with Crippen LogP contribution in [0.25, 0.3) is 0 Å². The maximum absolute atomic E-state index is 12.6. The number of allylic oxidation sites excluding steroid dienone is 9. The highest BCUT2D eigenvalue weighted by molar-refractivity contribution is 8.14. The van der Waals surface area contributed by atoms with E-state index in [4.69, 9.17) is 0 Å². The van der Waals surface area contributed by atoms with Crippen molar-refractivity contribution in [3.8, 4) is 0 Å². The summed E-state index contributed by atoms with van der Waals surface area (Å²) in [6.45, 7) is 5.50. The molecule has 3 heteroatoms. The van der Waals surface area contributed by atoms with E-state index >= 15 is 0 Å². The summed E-state index contributed by atoms with van der Waals surface area (Å²) in [4.78, 5) is 14.8. The van der Waals surface area contributed by atoms with E-state index in [0.29, 0.717) is 0 Å². The fourth-order valence-corrected chi connectivity index (χ4v) is 6.39. The number of carbonyl (C=O) groups is 1. The van der Waals surface area contributed by atoms with E-state index in [9.17, 15) is 4.79 Å². The molecular formula is C43H77NOS. The Balaban J connectivity index is 4.10. The number of nitrogens with zero attached hydrogens (tertiary/aromatic N) is 1. The predicted molar refractivity (Wildman–Crippen MR) is 212 cm³/mol. The molecule has 0 atom stereocenters. The topological polar surface area (TPSA) is 20.3 Å². The first-order valence-electron chi connectivity index (χ1n) is 19.7. The summed E-state index contributed by atoms with van der Waals surface area (Å²) in [6, 6.07) is 0. The lowest BCUT2D eigenvalue weighted by Gasteiger charge is -2.09. The van der Waals surface area contributed by atoms with Gasteiger partial charge in [-0.1, -0.05) is 157 Å². The summed E-state index contributed by atoms with van der Waals surface area (Å²) in [5, 5.41) is 0.258. The summed E-state index contributed by atoms with van der Waals surface area (Å²) in [5.74, 6) is 0.878. The molecule has 0 unspecified atom stereocenters. The molecule has 0 saturated heterocycles. The van der Waals surface area contributed by atoms with Crippen molar-refractivity contribution in [2.24, 2.45) is 0 Å². The zero-order valence-electron chi connectivity index (χ0n) is 31.3. The first-order valence-corrected chi connectivity index (χ1v) is 20.7. The normalized spacial score (nSPS) is 12.2. The van der Waals surface area contributed by atoms with Gasteiger partial charge in [0, 0.05) is 12.3 Å². The van der Waals surface area contributed by atoms with Crippen LogP contribution in [-0.2, 0) is 4.79 Å². The smallest absolute Gasteiger partial charge is 0.212 e. The molecule has 0 radical (unpaired) electrons. The zero-order valence-corrected chi connectivity index (χ0v) is 32.1. The summed E-state index contributed by atoms with van der Waals surface area (Å²) < 4.78 is 0. The fraction of sp³-hybridized carbons (Fsp3) is 0.744. The molecule has 0 aromatic heterocycles. The Kier molecular flexibility index (Phi) is 37.0. The van der Waals surface area contributed by atoms with Gasteiger partial charge in [0.2, 0.25) is 5.12 Å². The minimum Gasteiger partial charge on any atom is -0.309 e. The van der Waals surface area contributed by atoms with Crippen LogP contribution in [-0.4, -0.2) is 36.4 Å². The Morgan fingerprint density at radius 2 is 0.870 bits per heavy atom. The lowest BCUT2D eigenvalue weighted by atomic mass is 9.99. The third-order valence-electron chi connectivity index (χ3n) is 8.50. The van der Waals surface area contributed by atoms with Gasteiger partial charge in [0.05, 0.1) is 0 Å². The Morgan fingerprint density at radius 1 is 0.500 bits per heavy atom. The number of hydrogen-bond acceptors (Lipinski definition) is 3. The standard InChI is InChI=1S/C43H77NOS/c1-5-7-9-11-13-15-17-19-21-23-25-27-29-31-33-35-37-42(41-43(45)46-40-39-44(3)4)38-36-34-32-30-28-26-24-22-20-18-16-14-12-10-8-6-2/h15-18,21-24,41H,5-14,19-20,25-40H2,1-4H3/b17-15-,18-16-,23-21-,24-22-. The van der Waals surface area contributed by atoms with Crippen molar-refractivity contribution in [2.45, 2.75) is 181 Å². The first kappa shape index (κ1) is 44.7. The predicted octanol–water partition coefficient (Wildman–Crippen LogP) is 14.1. The maximum atomic E-state index is 12.6. The molecule has 0 heterocycles.